The second-order valence-electron chi connectivity index (χ2n) is 2.98. The van der Waals surface area contributed by atoms with Gasteiger partial charge in [0, 0.05) is 5.70 Å². The number of nitrogens with zero attached hydrogens (tertiary/aromatic N) is 1. The molecule has 0 aliphatic heterocycles. The van der Waals surface area contributed by atoms with E-state index in [0.29, 0.717) is 0 Å². The Labute approximate surface area is 67.0 Å². The van der Waals surface area contributed by atoms with Gasteiger partial charge in [-0.2, -0.15) is 5.26 Å². The van der Waals surface area contributed by atoms with Gasteiger partial charge in [0.05, 0.1) is 12.0 Å². The van der Waals surface area contributed by atoms with Crippen LogP contribution in [0.25, 0.3) is 0 Å². The highest BCUT2D eigenvalue weighted by molar-refractivity contribution is 5.36. The number of hydrogen-bond acceptors (Lipinski definition) is 2. The van der Waals surface area contributed by atoms with Crippen LogP contribution >= 0.6 is 0 Å². The van der Waals surface area contributed by atoms with Gasteiger partial charge in [-0.25, -0.2) is 0 Å². The lowest BCUT2D eigenvalue weighted by Crippen LogP contribution is -2.11. The zero-order chi connectivity index (χ0) is 8.43. The van der Waals surface area contributed by atoms with E-state index in [1.807, 2.05) is 19.9 Å². The van der Waals surface area contributed by atoms with Crippen LogP contribution in [0.1, 0.15) is 20.3 Å². The minimum atomic E-state index is 0.0299. The molecule has 0 bridgehead atoms. The zero-order valence-electron chi connectivity index (χ0n) is 6.89. The monoisotopic (exact) mass is 148 g/mol. The molecule has 0 amide bonds. The first-order chi connectivity index (χ1) is 5.15. The quantitative estimate of drug-likeness (QED) is 0.568. The van der Waals surface area contributed by atoms with Crippen LogP contribution < -0.4 is 5.73 Å². The van der Waals surface area contributed by atoms with Crippen LogP contribution in [-0.2, 0) is 0 Å². The van der Waals surface area contributed by atoms with E-state index in [-0.39, 0.29) is 5.92 Å². The molecule has 0 aromatic carbocycles. The molecule has 2 nitrogen and oxygen atoms in total. The third-order valence-electron chi connectivity index (χ3n) is 2.03. The maximum absolute atomic E-state index is 8.65. The molecule has 0 spiro atoms. The summed E-state index contributed by atoms with van der Waals surface area (Å²) in [6.45, 7) is 3.93. The summed E-state index contributed by atoms with van der Waals surface area (Å²) in [5.41, 5.74) is 8.78. The average molecular weight is 148 g/mol. The van der Waals surface area contributed by atoms with Crippen molar-refractivity contribution in [1.29, 1.82) is 5.26 Å². The van der Waals surface area contributed by atoms with Gasteiger partial charge in [-0.1, -0.05) is 6.08 Å². The van der Waals surface area contributed by atoms with Crippen molar-refractivity contribution in [2.75, 3.05) is 0 Å². The summed E-state index contributed by atoms with van der Waals surface area (Å²) in [4.78, 5) is 0. The maximum atomic E-state index is 8.65. The van der Waals surface area contributed by atoms with Crippen molar-refractivity contribution < 1.29 is 0 Å². The van der Waals surface area contributed by atoms with E-state index in [4.69, 9.17) is 11.0 Å². The molecule has 2 N–H and O–H groups in total. The summed E-state index contributed by atoms with van der Waals surface area (Å²) in [7, 11) is 0. The standard InChI is InChI=1S/C9H12N2/c1-6-3-8(5-10)4-7(2)9(6)11/h3,8H,4,11H2,1-2H3. The van der Waals surface area contributed by atoms with E-state index >= 15 is 0 Å². The molecular weight excluding hydrogens is 136 g/mol. The van der Waals surface area contributed by atoms with E-state index in [2.05, 4.69) is 6.07 Å². The molecule has 0 aromatic heterocycles. The highest BCUT2D eigenvalue weighted by Crippen LogP contribution is 2.24. The minimum absolute atomic E-state index is 0.0299. The van der Waals surface area contributed by atoms with Crippen LogP contribution in [0.3, 0.4) is 0 Å². The Hall–Kier alpha value is -1.23. The van der Waals surface area contributed by atoms with Crippen molar-refractivity contribution in [2.45, 2.75) is 20.3 Å². The van der Waals surface area contributed by atoms with E-state index in [9.17, 15) is 0 Å². The number of rotatable bonds is 0. The van der Waals surface area contributed by atoms with Gasteiger partial charge in [0.15, 0.2) is 0 Å². The predicted molar refractivity (Wildman–Crippen MR) is 44.4 cm³/mol. The maximum Gasteiger partial charge on any atom is 0.0701 e. The molecule has 1 atom stereocenters. The Morgan fingerprint density at radius 3 is 2.73 bits per heavy atom. The largest absolute Gasteiger partial charge is 0.399 e. The van der Waals surface area contributed by atoms with E-state index in [1.165, 1.54) is 0 Å². The Bertz CT molecular complexity index is 266. The normalized spacial score (nSPS) is 24.5. The molecule has 0 aromatic rings. The molecule has 1 aliphatic rings. The van der Waals surface area contributed by atoms with Crippen molar-refractivity contribution >= 4 is 0 Å². The summed E-state index contributed by atoms with van der Waals surface area (Å²) in [6, 6.07) is 2.22. The minimum Gasteiger partial charge on any atom is -0.399 e. The fraction of sp³-hybridized carbons (Fsp3) is 0.444. The van der Waals surface area contributed by atoms with E-state index < -0.39 is 0 Å². The predicted octanol–water partition coefficient (Wildman–Crippen LogP) is 1.71. The molecule has 1 unspecified atom stereocenters. The van der Waals surface area contributed by atoms with Crippen molar-refractivity contribution in [2.24, 2.45) is 11.7 Å². The summed E-state index contributed by atoms with van der Waals surface area (Å²) in [6.07, 6.45) is 2.72. The van der Waals surface area contributed by atoms with Crippen LogP contribution in [0.4, 0.5) is 0 Å². The lowest BCUT2D eigenvalue weighted by molar-refractivity contribution is 0.770. The van der Waals surface area contributed by atoms with Crippen molar-refractivity contribution in [1.82, 2.24) is 0 Å². The second-order valence-corrected chi connectivity index (χ2v) is 2.98. The summed E-state index contributed by atoms with van der Waals surface area (Å²) >= 11 is 0. The number of nitrogens with two attached hydrogens (primary N) is 1. The number of allylic oxidation sites excluding steroid dienone is 3. The number of nitriles is 1. The molecular formula is C9H12N2. The van der Waals surface area contributed by atoms with Crippen LogP contribution in [0.15, 0.2) is 22.9 Å². The first-order valence-electron chi connectivity index (χ1n) is 3.68. The smallest absolute Gasteiger partial charge is 0.0701 e. The van der Waals surface area contributed by atoms with Gasteiger partial charge in [-0.05, 0) is 31.4 Å². The molecule has 0 fully saturated rings. The lowest BCUT2D eigenvalue weighted by Gasteiger charge is -2.16. The highest BCUT2D eigenvalue weighted by atomic mass is 14.6. The first kappa shape index (κ1) is 7.87. The lowest BCUT2D eigenvalue weighted by atomic mass is 9.90. The first-order valence-corrected chi connectivity index (χ1v) is 3.68. The third-order valence-corrected chi connectivity index (χ3v) is 2.03. The molecule has 1 aliphatic carbocycles. The van der Waals surface area contributed by atoms with Crippen molar-refractivity contribution in [3.05, 3.63) is 22.9 Å². The topological polar surface area (TPSA) is 49.8 Å². The van der Waals surface area contributed by atoms with Crippen LogP contribution in [-0.4, -0.2) is 0 Å². The van der Waals surface area contributed by atoms with Gasteiger partial charge in [-0.3, -0.25) is 0 Å². The van der Waals surface area contributed by atoms with Crippen molar-refractivity contribution in [3.63, 3.8) is 0 Å². The summed E-state index contributed by atoms with van der Waals surface area (Å²) < 4.78 is 0. The molecule has 1 rings (SSSR count). The fourth-order valence-corrected chi connectivity index (χ4v) is 1.31. The van der Waals surface area contributed by atoms with Crippen LogP contribution in [0, 0.1) is 17.2 Å². The molecule has 11 heavy (non-hydrogen) atoms. The zero-order valence-corrected chi connectivity index (χ0v) is 6.89. The average Bonchev–Trinajstić information content (AvgIpc) is 1.99. The van der Waals surface area contributed by atoms with Gasteiger partial charge in [0.25, 0.3) is 0 Å². The van der Waals surface area contributed by atoms with Crippen LogP contribution in [0.2, 0.25) is 0 Å². The van der Waals surface area contributed by atoms with Gasteiger partial charge < -0.3 is 5.73 Å². The third kappa shape index (κ3) is 1.43. The highest BCUT2D eigenvalue weighted by Gasteiger charge is 2.14. The Morgan fingerprint density at radius 1 is 1.64 bits per heavy atom. The summed E-state index contributed by atoms with van der Waals surface area (Å²) in [5, 5.41) is 8.65. The van der Waals surface area contributed by atoms with Gasteiger partial charge >= 0.3 is 0 Å². The molecule has 58 valence electrons. The number of hydrogen-bond donors (Lipinski definition) is 1. The molecule has 0 heterocycles. The molecule has 0 saturated heterocycles. The Kier molecular flexibility index (Phi) is 2.00. The van der Waals surface area contributed by atoms with Gasteiger partial charge in [0.1, 0.15) is 0 Å². The van der Waals surface area contributed by atoms with E-state index in [0.717, 1.165) is 23.3 Å². The Morgan fingerprint density at radius 2 is 2.27 bits per heavy atom. The van der Waals surface area contributed by atoms with E-state index in [1.54, 1.807) is 0 Å². The SMILES string of the molecule is CC1=CC(C#N)CC(C)=C1N. The Balaban J connectivity index is 2.93. The van der Waals surface area contributed by atoms with Crippen LogP contribution in [0.5, 0.6) is 0 Å². The summed E-state index contributed by atoms with van der Waals surface area (Å²) in [5.74, 6) is 0.0299. The fourth-order valence-electron chi connectivity index (χ4n) is 1.31. The van der Waals surface area contributed by atoms with Crippen molar-refractivity contribution in [3.8, 4) is 6.07 Å². The molecule has 0 radical (unpaired) electrons. The molecule has 2 heteroatoms. The van der Waals surface area contributed by atoms with Gasteiger partial charge in [-0.15, -0.1) is 0 Å². The second kappa shape index (κ2) is 2.79. The molecule has 0 saturated carbocycles. The van der Waals surface area contributed by atoms with Gasteiger partial charge in [0.2, 0.25) is 0 Å².